The second kappa shape index (κ2) is 21.1. The number of carbonyl (C=O) groups excluding carboxylic acids is 6. The maximum atomic E-state index is 13.2. The standard InChI is InChI=1S/C43H72N4O12/c1-14-32(48)54-17-16-40(8,9)58-36(52)46-30-20-38(4,5)26-43(13,22-30)28-45-35(51)57-24-29(3)41(10,11)59-37(53)47-31-21-39(6,7)25-42(12,23-31)27-44-34(50)56-19-18-55-33(49)15-2/h14-15,29-31H,1-2,16-28H2,3-13H3,(H,44,50)(H,45,51)(H,46,52)(H,47,53). The summed E-state index contributed by atoms with van der Waals surface area (Å²) in [6.07, 6.45) is 4.29. The van der Waals surface area contributed by atoms with Gasteiger partial charge in [-0.15, -0.1) is 0 Å². The predicted molar refractivity (Wildman–Crippen MR) is 221 cm³/mol. The molecule has 0 aromatic carbocycles. The minimum Gasteiger partial charge on any atom is -0.462 e. The van der Waals surface area contributed by atoms with Gasteiger partial charge >= 0.3 is 36.3 Å². The summed E-state index contributed by atoms with van der Waals surface area (Å²) in [5.41, 5.74) is -2.84. The van der Waals surface area contributed by atoms with E-state index in [1.807, 2.05) is 13.8 Å². The Hall–Kier alpha value is -4.50. The van der Waals surface area contributed by atoms with Crippen molar-refractivity contribution in [2.75, 3.05) is 39.5 Å². The van der Waals surface area contributed by atoms with Crippen LogP contribution in [-0.4, -0.2) is 99.1 Å². The van der Waals surface area contributed by atoms with Gasteiger partial charge in [0.1, 0.15) is 24.4 Å². The third-order valence-electron chi connectivity index (χ3n) is 11.1. The number of esters is 2. The van der Waals surface area contributed by atoms with Crippen LogP contribution in [0.2, 0.25) is 0 Å². The number of rotatable bonds is 19. The SMILES string of the molecule is C=CC(=O)OCCOC(=O)NCC1(C)CC(NC(=O)OC(C)(C)C(C)COC(=O)NCC2(C)CC(NC(=O)OC(C)(C)CCOC(=O)C=C)CC(C)(C)C2)CC(C)(C)C1. The topological polar surface area (TPSA) is 206 Å². The van der Waals surface area contributed by atoms with Crippen LogP contribution in [0.15, 0.2) is 25.3 Å². The van der Waals surface area contributed by atoms with Gasteiger partial charge in [0.05, 0.1) is 13.2 Å². The molecule has 2 fully saturated rings. The predicted octanol–water partition coefficient (Wildman–Crippen LogP) is 7.10. The Morgan fingerprint density at radius 1 is 0.627 bits per heavy atom. The van der Waals surface area contributed by atoms with Gasteiger partial charge in [0.2, 0.25) is 0 Å². The van der Waals surface area contributed by atoms with Gasteiger partial charge in [-0.3, -0.25) is 0 Å². The summed E-state index contributed by atoms with van der Waals surface area (Å²) in [5.74, 6) is -1.49. The molecule has 0 aliphatic heterocycles. The zero-order chi connectivity index (χ0) is 44.9. The smallest absolute Gasteiger partial charge is 0.407 e. The van der Waals surface area contributed by atoms with Gasteiger partial charge in [-0.05, 0) is 87.9 Å². The van der Waals surface area contributed by atoms with Crippen LogP contribution in [0.1, 0.15) is 121 Å². The molecule has 5 unspecified atom stereocenters. The lowest BCUT2D eigenvalue weighted by Gasteiger charge is -2.47. The average molecular weight is 837 g/mol. The maximum absolute atomic E-state index is 13.2. The normalized spacial score (nSPS) is 24.1. The lowest BCUT2D eigenvalue weighted by molar-refractivity contribution is -0.139. The van der Waals surface area contributed by atoms with E-state index in [-0.39, 0.29) is 66.1 Å². The number of hydrogen-bond donors (Lipinski definition) is 4. The van der Waals surface area contributed by atoms with Crippen LogP contribution in [-0.2, 0) is 38.0 Å². The third-order valence-corrected chi connectivity index (χ3v) is 11.1. The van der Waals surface area contributed by atoms with Crippen molar-refractivity contribution >= 4 is 36.3 Å². The molecule has 0 aromatic heterocycles. The van der Waals surface area contributed by atoms with Crippen molar-refractivity contribution in [2.45, 2.75) is 144 Å². The van der Waals surface area contributed by atoms with Crippen LogP contribution in [0.25, 0.3) is 0 Å². The monoisotopic (exact) mass is 837 g/mol. The fourth-order valence-corrected chi connectivity index (χ4v) is 8.64. The molecular weight excluding hydrogens is 764 g/mol. The van der Waals surface area contributed by atoms with Gasteiger partial charge in [0.15, 0.2) is 0 Å². The van der Waals surface area contributed by atoms with Gasteiger partial charge in [-0.25, -0.2) is 28.8 Å². The second-order valence-corrected chi connectivity index (χ2v) is 19.8. The summed E-state index contributed by atoms with van der Waals surface area (Å²) in [7, 11) is 0. The Morgan fingerprint density at radius 2 is 1.05 bits per heavy atom. The van der Waals surface area contributed by atoms with Crippen LogP contribution in [0.3, 0.4) is 0 Å². The molecule has 0 radical (unpaired) electrons. The summed E-state index contributed by atoms with van der Waals surface area (Å²) in [4.78, 5) is 73.9. The summed E-state index contributed by atoms with van der Waals surface area (Å²) in [5, 5.41) is 11.7. The summed E-state index contributed by atoms with van der Waals surface area (Å²) >= 11 is 0. The first kappa shape index (κ1) is 50.6. The zero-order valence-corrected chi connectivity index (χ0v) is 37.4. The molecule has 0 spiro atoms. The highest BCUT2D eigenvalue weighted by molar-refractivity contribution is 5.81. The number of hydrogen-bond acceptors (Lipinski definition) is 12. The van der Waals surface area contributed by atoms with E-state index in [4.69, 9.17) is 28.4 Å². The van der Waals surface area contributed by atoms with E-state index in [0.717, 1.165) is 31.4 Å². The molecule has 59 heavy (non-hydrogen) atoms. The number of alkyl carbamates (subject to hydrolysis) is 4. The van der Waals surface area contributed by atoms with E-state index in [1.165, 1.54) is 0 Å². The van der Waals surface area contributed by atoms with Crippen molar-refractivity contribution in [1.29, 1.82) is 0 Å². The molecule has 5 atom stereocenters. The molecule has 16 heteroatoms. The van der Waals surface area contributed by atoms with Crippen LogP contribution in [0.5, 0.6) is 0 Å². The maximum Gasteiger partial charge on any atom is 0.407 e. The van der Waals surface area contributed by atoms with Gasteiger partial charge in [0.25, 0.3) is 0 Å². The van der Waals surface area contributed by atoms with E-state index < -0.39 is 47.5 Å². The van der Waals surface area contributed by atoms with Crippen molar-refractivity contribution < 1.29 is 57.2 Å². The fraction of sp³-hybridized carbons (Fsp3) is 0.767. The number of ether oxygens (including phenoxy) is 6. The molecule has 0 bridgehead atoms. The van der Waals surface area contributed by atoms with E-state index in [9.17, 15) is 28.8 Å². The van der Waals surface area contributed by atoms with Crippen molar-refractivity contribution in [3.8, 4) is 0 Å². The van der Waals surface area contributed by atoms with Crippen molar-refractivity contribution in [3.05, 3.63) is 25.3 Å². The summed E-state index contributed by atoms with van der Waals surface area (Å²) in [6.45, 7) is 28.7. The highest BCUT2D eigenvalue weighted by Crippen LogP contribution is 2.47. The van der Waals surface area contributed by atoms with E-state index >= 15 is 0 Å². The Kier molecular flexibility index (Phi) is 18.2. The first-order valence-electron chi connectivity index (χ1n) is 20.5. The molecule has 0 aromatic rings. The van der Waals surface area contributed by atoms with Crippen LogP contribution >= 0.6 is 0 Å². The summed E-state index contributed by atoms with van der Waals surface area (Å²) in [6, 6.07) is -0.422. The molecule has 0 saturated heterocycles. The quantitative estimate of drug-likeness (QED) is 0.0445. The van der Waals surface area contributed by atoms with Gasteiger partial charge in [-0.2, -0.15) is 0 Å². The Morgan fingerprint density at radius 3 is 1.53 bits per heavy atom. The molecule has 2 rings (SSSR count). The average Bonchev–Trinajstić information content (AvgIpc) is 3.07. The lowest BCUT2D eigenvalue weighted by atomic mass is 9.62. The molecule has 336 valence electrons. The Labute approximate surface area is 351 Å². The number of amides is 4. The lowest BCUT2D eigenvalue weighted by Crippen LogP contribution is -2.52. The molecule has 4 amide bonds. The minimum atomic E-state index is -0.985. The summed E-state index contributed by atoms with van der Waals surface area (Å²) < 4.78 is 32.1. The number of nitrogens with one attached hydrogen (secondary N) is 4. The molecule has 0 heterocycles. The molecule has 16 nitrogen and oxygen atoms in total. The zero-order valence-electron chi connectivity index (χ0n) is 37.4. The Bertz CT molecular complexity index is 1510. The molecule has 2 aliphatic rings. The van der Waals surface area contributed by atoms with Crippen LogP contribution in [0, 0.1) is 27.6 Å². The van der Waals surface area contributed by atoms with E-state index in [1.54, 1.807) is 27.7 Å². The van der Waals surface area contributed by atoms with E-state index in [0.29, 0.717) is 38.8 Å². The van der Waals surface area contributed by atoms with Crippen molar-refractivity contribution in [1.82, 2.24) is 21.3 Å². The molecule has 2 aliphatic carbocycles. The van der Waals surface area contributed by atoms with E-state index in [2.05, 4.69) is 69.0 Å². The fourth-order valence-electron chi connectivity index (χ4n) is 8.64. The van der Waals surface area contributed by atoms with Crippen molar-refractivity contribution in [3.63, 3.8) is 0 Å². The first-order chi connectivity index (χ1) is 27.1. The van der Waals surface area contributed by atoms with Gasteiger partial charge in [0, 0.05) is 49.7 Å². The van der Waals surface area contributed by atoms with Crippen LogP contribution < -0.4 is 21.3 Å². The second-order valence-electron chi connectivity index (χ2n) is 19.8. The molecule has 4 N–H and O–H groups in total. The number of carbonyl (C=O) groups is 6. The molecular formula is C43H72N4O12. The highest BCUT2D eigenvalue weighted by atomic mass is 16.6. The highest BCUT2D eigenvalue weighted by Gasteiger charge is 2.44. The van der Waals surface area contributed by atoms with Gasteiger partial charge < -0.3 is 49.7 Å². The van der Waals surface area contributed by atoms with Crippen molar-refractivity contribution in [2.24, 2.45) is 27.6 Å². The largest absolute Gasteiger partial charge is 0.462 e. The molecule has 2 saturated carbocycles. The first-order valence-corrected chi connectivity index (χ1v) is 20.5. The Balaban J connectivity index is 1.85. The third kappa shape index (κ3) is 19.0. The van der Waals surface area contributed by atoms with Gasteiger partial charge in [-0.1, -0.05) is 61.6 Å². The minimum absolute atomic E-state index is 0.0000936. The van der Waals surface area contributed by atoms with Crippen LogP contribution in [0.4, 0.5) is 19.2 Å².